The van der Waals surface area contributed by atoms with Crippen LogP contribution in [0.15, 0.2) is 66.7 Å². The summed E-state index contributed by atoms with van der Waals surface area (Å²) in [6, 6.07) is 21.1. The van der Waals surface area contributed by atoms with Crippen LogP contribution in [0.4, 0.5) is 4.39 Å². The van der Waals surface area contributed by atoms with Crippen LogP contribution < -0.4 is 0 Å². The van der Waals surface area contributed by atoms with Gasteiger partial charge >= 0.3 is 0 Å². The molecular weight excluding hydrogens is 385 g/mol. The van der Waals surface area contributed by atoms with Gasteiger partial charge in [0.1, 0.15) is 5.82 Å². The molecule has 0 saturated heterocycles. The standard InChI is InChI=1S/C28H30FNO/c1-18-7-5-6-8-24(18)28(31)30(4)16-15-25-19(2)20(3)27-17-22(11-14-26(25)27)21-9-12-23(29)13-10-21/h5-14,17,19-20,25H,15-16H2,1-4H3/t19-,20?,25?/m1/s1. The highest BCUT2D eigenvalue weighted by atomic mass is 19.1. The minimum absolute atomic E-state index is 0.0867. The van der Waals surface area contributed by atoms with Gasteiger partial charge in [0.25, 0.3) is 5.91 Å². The molecule has 0 spiro atoms. The van der Waals surface area contributed by atoms with Crippen molar-refractivity contribution in [2.24, 2.45) is 5.92 Å². The van der Waals surface area contributed by atoms with E-state index >= 15 is 0 Å². The van der Waals surface area contributed by atoms with E-state index in [1.165, 1.54) is 23.3 Å². The van der Waals surface area contributed by atoms with Crippen LogP contribution in [0.5, 0.6) is 0 Å². The molecular formula is C28H30FNO. The Balaban J connectivity index is 1.51. The van der Waals surface area contributed by atoms with Gasteiger partial charge in [-0.05, 0) is 77.1 Å². The normalized spacial score (nSPS) is 19.8. The van der Waals surface area contributed by atoms with Crippen LogP contribution >= 0.6 is 0 Å². The van der Waals surface area contributed by atoms with Gasteiger partial charge in [-0.2, -0.15) is 0 Å². The number of halogens is 1. The zero-order valence-corrected chi connectivity index (χ0v) is 18.7. The van der Waals surface area contributed by atoms with Crippen molar-refractivity contribution in [3.05, 3.63) is 94.8 Å². The zero-order chi connectivity index (χ0) is 22.1. The lowest BCUT2D eigenvalue weighted by Gasteiger charge is -2.24. The first-order chi connectivity index (χ1) is 14.9. The number of hydrogen-bond donors (Lipinski definition) is 0. The number of fused-ring (bicyclic) bond motifs is 1. The number of hydrogen-bond acceptors (Lipinski definition) is 1. The van der Waals surface area contributed by atoms with Crippen molar-refractivity contribution in [3.63, 3.8) is 0 Å². The maximum atomic E-state index is 13.3. The van der Waals surface area contributed by atoms with Gasteiger partial charge in [0.15, 0.2) is 0 Å². The molecule has 3 aromatic carbocycles. The third kappa shape index (κ3) is 4.14. The molecule has 31 heavy (non-hydrogen) atoms. The molecule has 0 N–H and O–H groups in total. The molecule has 0 saturated carbocycles. The Labute approximate surface area is 184 Å². The largest absolute Gasteiger partial charge is 0.342 e. The molecule has 2 nitrogen and oxygen atoms in total. The van der Waals surface area contributed by atoms with Gasteiger partial charge < -0.3 is 4.90 Å². The molecule has 1 aliphatic carbocycles. The van der Waals surface area contributed by atoms with Crippen molar-refractivity contribution in [2.45, 2.75) is 39.0 Å². The second kappa shape index (κ2) is 8.66. The molecule has 1 aliphatic rings. The van der Waals surface area contributed by atoms with Crippen molar-refractivity contribution in [1.82, 2.24) is 4.90 Å². The summed E-state index contributed by atoms with van der Waals surface area (Å²) in [5.41, 5.74) is 6.74. The Kier molecular flexibility index (Phi) is 5.95. The average Bonchev–Trinajstić information content (AvgIpc) is 3.02. The fraction of sp³-hybridized carbons (Fsp3) is 0.321. The van der Waals surface area contributed by atoms with E-state index in [4.69, 9.17) is 0 Å². The third-order valence-corrected chi connectivity index (χ3v) is 7.08. The molecule has 3 heteroatoms. The van der Waals surface area contributed by atoms with E-state index in [2.05, 4.69) is 32.0 Å². The maximum absolute atomic E-state index is 13.3. The molecule has 0 radical (unpaired) electrons. The van der Waals surface area contributed by atoms with E-state index in [0.29, 0.717) is 17.8 Å². The molecule has 0 fully saturated rings. The van der Waals surface area contributed by atoms with Crippen molar-refractivity contribution in [3.8, 4) is 11.1 Å². The molecule has 0 aliphatic heterocycles. The van der Waals surface area contributed by atoms with E-state index in [1.807, 2.05) is 55.3 Å². The predicted molar refractivity (Wildman–Crippen MR) is 125 cm³/mol. The number of carbonyl (C=O) groups excluding carboxylic acids is 1. The maximum Gasteiger partial charge on any atom is 0.253 e. The highest BCUT2D eigenvalue weighted by molar-refractivity contribution is 5.95. The number of carbonyl (C=O) groups is 1. The summed E-state index contributed by atoms with van der Waals surface area (Å²) < 4.78 is 13.3. The lowest BCUT2D eigenvalue weighted by atomic mass is 9.87. The molecule has 2 unspecified atom stereocenters. The van der Waals surface area contributed by atoms with Gasteiger partial charge in [-0.3, -0.25) is 4.79 Å². The molecule has 0 aromatic heterocycles. The van der Waals surface area contributed by atoms with Gasteiger partial charge in [-0.15, -0.1) is 0 Å². The third-order valence-electron chi connectivity index (χ3n) is 7.08. The fourth-order valence-electron chi connectivity index (χ4n) is 4.91. The Morgan fingerprint density at radius 1 is 0.935 bits per heavy atom. The van der Waals surface area contributed by atoms with Gasteiger partial charge in [-0.25, -0.2) is 4.39 Å². The van der Waals surface area contributed by atoms with E-state index < -0.39 is 0 Å². The Morgan fingerprint density at radius 3 is 2.32 bits per heavy atom. The predicted octanol–water partition coefficient (Wildman–Crippen LogP) is 6.80. The van der Waals surface area contributed by atoms with Crippen LogP contribution in [0.1, 0.15) is 59.2 Å². The van der Waals surface area contributed by atoms with Gasteiger partial charge in [0, 0.05) is 19.2 Å². The summed E-state index contributed by atoms with van der Waals surface area (Å²) in [5, 5.41) is 0. The molecule has 1 amide bonds. The van der Waals surface area contributed by atoms with Crippen molar-refractivity contribution in [1.29, 1.82) is 0 Å². The first-order valence-corrected chi connectivity index (χ1v) is 11.1. The topological polar surface area (TPSA) is 20.3 Å². The van der Waals surface area contributed by atoms with Crippen LogP contribution in [0.2, 0.25) is 0 Å². The fourth-order valence-corrected chi connectivity index (χ4v) is 4.91. The number of aryl methyl sites for hydroxylation is 1. The quantitative estimate of drug-likeness (QED) is 0.449. The van der Waals surface area contributed by atoms with Crippen LogP contribution in [0.25, 0.3) is 11.1 Å². The lowest BCUT2D eigenvalue weighted by molar-refractivity contribution is 0.0788. The Bertz CT molecular complexity index is 1090. The van der Waals surface area contributed by atoms with Crippen molar-refractivity contribution < 1.29 is 9.18 Å². The lowest BCUT2D eigenvalue weighted by Crippen LogP contribution is -2.29. The minimum Gasteiger partial charge on any atom is -0.342 e. The van der Waals surface area contributed by atoms with E-state index in [9.17, 15) is 9.18 Å². The van der Waals surface area contributed by atoms with Gasteiger partial charge in [-0.1, -0.05) is 62.4 Å². The summed E-state index contributed by atoms with van der Waals surface area (Å²) in [4.78, 5) is 14.7. The average molecular weight is 416 g/mol. The monoisotopic (exact) mass is 415 g/mol. The highest BCUT2D eigenvalue weighted by Crippen LogP contribution is 2.48. The van der Waals surface area contributed by atoms with Crippen LogP contribution in [-0.2, 0) is 0 Å². The van der Waals surface area contributed by atoms with E-state index in [1.54, 1.807) is 0 Å². The number of benzene rings is 3. The number of amides is 1. The van der Waals surface area contributed by atoms with E-state index in [-0.39, 0.29) is 11.7 Å². The second-order valence-electron chi connectivity index (χ2n) is 8.94. The van der Waals surface area contributed by atoms with Crippen molar-refractivity contribution >= 4 is 5.91 Å². The summed E-state index contributed by atoms with van der Waals surface area (Å²) in [7, 11) is 1.90. The van der Waals surface area contributed by atoms with Crippen molar-refractivity contribution in [2.75, 3.05) is 13.6 Å². The molecule has 0 heterocycles. The SMILES string of the molecule is Cc1ccccc1C(=O)N(C)CCC1c2ccc(-c3ccc(F)cc3)cc2C(C)[C@H]1C. The Morgan fingerprint density at radius 2 is 1.61 bits per heavy atom. The molecule has 4 rings (SSSR count). The first kappa shape index (κ1) is 21.3. The summed E-state index contributed by atoms with van der Waals surface area (Å²) >= 11 is 0. The summed E-state index contributed by atoms with van der Waals surface area (Å²) in [6.07, 6.45) is 0.947. The molecule has 3 atom stereocenters. The molecule has 0 bridgehead atoms. The number of nitrogens with zero attached hydrogens (tertiary/aromatic N) is 1. The smallest absolute Gasteiger partial charge is 0.253 e. The van der Waals surface area contributed by atoms with Crippen LogP contribution in [0, 0.1) is 18.7 Å². The zero-order valence-electron chi connectivity index (χ0n) is 18.7. The van der Waals surface area contributed by atoms with Gasteiger partial charge in [0.2, 0.25) is 0 Å². The highest BCUT2D eigenvalue weighted by Gasteiger charge is 2.35. The first-order valence-electron chi connectivity index (χ1n) is 11.1. The van der Waals surface area contributed by atoms with Crippen LogP contribution in [0.3, 0.4) is 0 Å². The van der Waals surface area contributed by atoms with Crippen LogP contribution in [-0.4, -0.2) is 24.4 Å². The number of rotatable bonds is 5. The molecule has 3 aromatic rings. The van der Waals surface area contributed by atoms with Gasteiger partial charge in [0.05, 0.1) is 0 Å². The Hall–Kier alpha value is -2.94. The minimum atomic E-state index is -0.212. The molecule has 160 valence electrons. The summed E-state index contributed by atoms with van der Waals surface area (Å²) in [5.74, 6) is 1.28. The summed E-state index contributed by atoms with van der Waals surface area (Å²) in [6.45, 7) is 7.32. The second-order valence-corrected chi connectivity index (χ2v) is 8.94. The van der Waals surface area contributed by atoms with E-state index in [0.717, 1.165) is 35.2 Å².